The first-order chi connectivity index (χ1) is 9.80. The lowest BCUT2D eigenvalue weighted by Crippen LogP contribution is -2.47. The van der Waals surface area contributed by atoms with Crippen LogP contribution in [-0.4, -0.2) is 37.1 Å². The molecule has 0 saturated carbocycles. The first-order valence-corrected chi connectivity index (χ1v) is 8.66. The van der Waals surface area contributed by atoms with E-state index in [4.69, 9.17) is 4.74 Å². The molecule has 0 radical (unpaired) electrons. The fourth-order valence-corrected chi connectivity index (χ4v) is 2.87. The Morgan fingerprint density at radius 3 is 2.29 bits per heavy atom. The number of ether oxygens (including phenoxy) is 1. The summed E-state index contributed by atoms with van der Waals surface area (Å²) in [6, 6.07) is 0. The molecule has 1 aliphatic heterocycles. The van der Waals surface area contributed by atoms with E-state index in [1.165, 1.54) is 12.8 Å². The summed E-state index contributed by atoms with van der Waals surface area (Å²) in [6.45, 7) is 14.7. The van der Waals surface area contributed by atoms with Crippen LogP contribution in [-0.2, 0) is 9.53 Å². The third-order valence-electron chi connectivity index (χ3n) is 5.38. The molecular formula is C18H35NO2. The number of hydrogen-bond acceptors (Lipinski definition) is 2. The molecule has 1 fully saturated rings. The summed E-state index contributed by atoms with van der Waals surface area (Å²) in [6.07, 6.45) is 6.30. The highest BCUT2D eigenvalue weighted by atomic mass is 16.5. The number of amides is 1. The smallest absolute Gasteiger partial charge is 0.224 e. The third-order valence-corrected chi connectivity index (χ3v) is 5.38. The van der Waals surface area contributed by atoms with Crippen molar-refractivity contribution in [2.24, 2.45) is 10.8 Å². The van der Waals surface area contributed by atoms with E-state index >= 15 is 0 Å². The van der Waals surface area contributed by atoms with Crippen LogP contribution in [0.15, 0.2) is 0 Å². The zero-order chi connectivity index (χ0) is 15.9. The molecule has 21 heavy (non-hydrogen) atoms. The first kappa shape index (κ1) is 18.5. The summed E-state index contributed by atoms with van der Waals surface area (Å²) in [5.41, 5.74) is 0.658. The fourth-order valence-electron chi connectivity index (χ4n) is 2.87. The SMILES string of the molecule is CCCCCOCCC(=O)N1CCC(C)(C(C)(C)C)CC1. The van der Waals surface area contributed by atoms with Crippen LogP contribution in [0.4, 0.5) is 0 Å². The van der Waals surface area contributed by atoms with Crippen LogP contribution in [0.5, 0.6) is 0 Å². The van der Waals surface area contributed by atoms with Gasteiger partial charge in [-0.25, -0.2) is 0 Å². The molecule has 1 rings (SSSR count). The molecule has 0 bridgehead atoms. The van der Waals surface area contributed by atoms with Crippen LogP contribution < -0.4 is 0 Å². The average Bonchev–Trinajstić information content (AvgIpc) is 2.42. The standard InChI is InChI=1S/C18H35NO2/c1-6-7-8-14-21-15-9-16(20)19-12-10-18(5,11-13-19)17(2,3)4/h6-15H2,1-5H3. The van der Waals surface area contributed by atoms with Gasteiger partial charge in [0.05, 0.1) is 13.0 Å². The number of hydrogen-bond donors (Lipinski definition) is 0. The van der Waals surface area contributed by atoms with E-state index in [2.05, 4.69) is 34.6 Å². The summed E-state index contributed by atoms with van der Waals surface area (Å²) in [7, 11) is 0. The minimum atomic E-state index is 0.265. The highest BCUT2D eigenvalue weighted by molar-refractivity contribution is 5.76. The van der Waals surface area contributed by atoms with Gasteiger partial charge in [0.15, 0.2) is 0 Å². The summed E-state index contributed by atoms with van der Waals surface area (Å²) >= 11 is 0. The van der Waals surface area contributed by atoms with Crippen LogP contribution in [0.3, 0.4) is 0 Å². The number of nitrogens with zero attached hydrogens (tertiary/aromatic N) is 1. The Bertz CT molecular complexity index is 312. The van der Waals surface area contributed by atoms with Gasteiger partial charge in [-0.1, -0.05) is 47.5 Å². The van der Waals surface area contributed by atoms with Gasteiger partial charge in [0, 0.05) is 19.7 Å². The zero-order valence-corrected chi connectivity index (χ0v) is 14.8. The second kappa shape index (κ2) is 8.17. The maximum absolute atomic E-state index is 12.2. The van der Waals surface area contributed by atoms with E-state index in [0.29, 0.717) is 23.9 Å². The molecule has 0 aliphatic carbocycles. The summed E-state index contributed by atoms with van der Waals surface area (Å²) in [5.74, 6) is 0.265. The van der Waals surface area contributed by atoms with Crippen molar-refractivity contribution in [1.29, 1.82) is 0 Å². The summed E-state index contributed by atoms with van der Waals surface area (Å²) < 4.78 is 5.54. The van der Waals surface area contributed by atoms with Crippen molar-refractivity contribution in [2.45, 2.75) is 73.1 Å². The molecule has 0 aromatic carbocycles. The number of carbonyl (C=O) groups is 1. The molecule has 1 aliphatic rings. The molecule has 0 N–H and O–H groups in total. The first-order valence-electron chi connectivity index (χ1n) is 8.66. The van der Waals surface area contributed by atoms with E-state index in [-0.39, 0.29) is 5.91 Å². The van der Waals surface area contributed by atoms with E-state index in [9.17, 15) is 4.79 Å². The van der Waals surface area contributed by atoms with Gasteiger partial charge in [-0.05, 0) is 30.1 Å². The van der Waals surface area contributed by atoms with E-state index in [0.717, 1.165) is 39.0 Å². The van der Waals surface area contributed by atoms with Crippen LogP contribution in [0.1, 0.15) is 73.1 Å². The van der Waals surface area contributed by atoms with Crippen LogP contribution in [0.25, 0.3) is 0 Å². The van der Waals surface area contributed by atoms with E-state index < -0.39 is 0 Å². The van der Waals surface area contributed by atoms with Crippen molar-refractivity contribution < 1.29 is 9.53 Å². The summed E-state index contributed by atoms with van der Waals surface area (Å²) in [5, 5.41) is 0. The average molecular weight is 297 g/mol. The Morgan fingerprint density at radius 1 is 1.14 bits per heavy atom. The van der Waals surface area contributed by atoms with Crippen molar-refractivity contribution in [3.8, 4) is 0 Å². The van der Waals surface area contributed by atoms with Crippen LogP contribution in [0, 0.1) is 10.8 Å². The van der Waals surface area contributed by atoms with Crippen molar-refractivity contribution in [3.63, 3.8) is 0 Å². The van der Waals surface area contributed by atoms with Gasteiger partial charge in [0.2, 0.25) is 5.91 Å². The minimum absolute atomic E-state index is 0.265. The van der Waals surface area contributed by atoms with Gasteiger partial charge in [0.25, 0.3) is 0 Å². The van der Waals surface area contributed by atoms with Gasteiger partial charge in [0.1, 0.15) is 0 Å². The molecule has 124 valence electrons. The lowest BCUT2D eigenvalue weighted by molar-refractivity contribution is -0.135. The second-order valence-corrected chi connectivity index (χ2v) is 7.76. The Labute approximate surface area is 131 Å². The van der Waals surface area contributed by atoms with Crippen molar-refractivity contribution in [1.82, 2.24) is 4.90 Å². The normalized spacial score (nSPS) is 18.8. The lowest BCUT2D eigenvalue weighted by Gasteiger charge is -2.47. The number of unbranched alkanes of at least 4 members (excludes halogenated alkanes) is 2. The van der Waals surface area contributed by atoms with Gasteiger partial charge >= 0.3 is 0 Å². The molecule has 0 aromatic rings. The highest BCUT2D eigenvalue weighted by Gasteiger charge is 2.40. The van der Waals surface area contributed by atoms with Gasteiger partial charge < -0.3 is 9.64 Å². The van der Waals surface area contributed by atoms with Crippen LogP contribution in [0.2, 0.25) is 0 Å². The number of likely N-dealkylation sites (tertiary alicyclic amines) is 1. The van der Waals surface area contributed by atoms with Crippen molar-refractivity contribution in [3.05, 3.63) is 0 Å². The van der Waals surface area contributed by atoms with Crippen molar-refractivity contribution in [2.75, 3.05) is 26.3 Å². The van der Waals surface area contributed by atoms with E-state index in [1.54, 1.807) is 0 Å². The number of carbonyl (C=O) groups excluding carboxylic acids is 1. The molecule has 3 heteroatoms. The molecule has 3 nitrogen and oxygen atoms in total. The predicted octanol–water partition coefficient (Wildman–Crippen LogP) is 4.26. The Morgan fingerprint density at radius 2 is 1.76 bits per heavy atom. The molecule has 1 saturated heterocycles. The summed E-state index contributed by atoms with van der Waals surface area (Å²) in [4.78, 5) is 14.2. The van der Waals surface area contributed by atoms with E-state index in [1.807, 2.05) is 4.90 Å². The van der Waals surface area contributed by atoms with Crippen LogP contribution >= 0.6 is 0 Å². The molecule has 0 aromatic heterocycles. The van der Waals surface area contributed by atoms with Gasteiger partial charge in [-0.2, -0.15) is 0 Å². The highest BCUT2D eigenvalue weighted by Crippen LogP contribution is 2.46. The Kier molecular flexibility index (Phi) is 7.19. The fraction of sp³-hybridized carbons (Fsp3) is 0.944. The Hall–Kier alpha value is -0.570. The maximum atomic E-state index is 12.2. The topological polar surface area (TPSA) is 29.5 Å². The zero-order valence-electron chi connectivity index (χ0n) is 14.8. The number of piperidine rings is 1. The second-order valence-electron chi connectivity index (χ2n) is 7.76. The number of rotatable bonds is 7. The molecule has 1 amide bonds. The molecular weight excluding hydrogens is 262 g/mol. The minimum Gasteiger partial charge on any atom is -0.381 e. The maximum Gasteiger partial charge on any atom is 0.224 e. The van der Waals surface area contributed by atoms with Crippen molar-refractivity contribution >= 4 is 5.91 Å². The molecule has 0 spiro atoms. The molecule has 0 atom stereocenters. The third kappa shape index (κ3) is 5.61. The van der Waals surface area contributed by atoms with Gasteiger partial charge in [-0.3, -0.25) is 4.79 Å². The lowest BCUT2D eigenvalue weighted by atomic mass is 9.63. The molecule has 0 unspecified atom stereocenters. The monoisotopic (exact) mass is 297 g/mol. The van der Waals surface area contributed by atoms with Gasteiger partial charge in [-0.15, -0.1) is 0 Å². The largest absolute Gasteiger partial charge is 0.381 e. The quantitative estimate of drug-likeness (QED) is 0.657. The Balaban J connectivity index is 2.23. The predicted molar refractivity (Wildman–Crippen MR) is 88.3 cm³/mol. The molecule has 1 heterocycles.